The Labute approximate surface area is 208 Å². The average Bonchev–Trinajstić information content (AvgIpc) is 2.74. The Morgan fingerprint density at radius 2 is 1.74 bits per heavy atom. The van der Waals surface area contributed by atoms with E-state index < -0.39 is 16.1 Å². The lowest BCUT2D eigenvalue weighted by atomic mass is 10.1. The number of aryl methyl sites for hydroxylation is 1. The number of hydrogen-bond acceptors (Lipinski definition) is 4. The lowest BCUT2D eigenvalue weighted by molar-refractivity contribution is -0.140. The molecule has 0 bridgehead atoms. The van der Waals surface area contributed by atoms with Gasteiger partial charge in [0.2, 0.25) is 21.8 Å². The zero-order chi connectivity index (χ0) is 25.5. The zero-order valence-corrected chi connectivity index (χ0v) is 22.0. The second kappa shape index (κ2) is 12.2. The summed E-state index contributed by atoms with van der Waals surface area (Å²) < 4.78 is 26.2. The molecule has 0 saturated heterocycles. The van der Waals surface area contributed by atoms with E-state index in [0.29, 0.717) is 17.1 Å². The zero-order valence-electron chi connectivity index (χ0n) is 20.4. The van der Waals surface area contributed by atoms with Gasteiger partial charge in [0, 0.05) is 30.6 Å². The maximum absolute atomic E-state index is 13.2. The number of hydrogen-bond donors (Lipinski definition) is 1. The predicted octanol–water partition coefficient (Wildman–Crippen LogP) is 4.14. The number of carbonyl (C=O) groups is 2. The van der Waals surface area contributed by atoms with Crippen molar-refractivity contribution in [3.63, 3.8) is 0 Å². The summed E-state index contributed by atoms with van der Waals surface area (Å²) in [7, 11) is -3.53. The SMILES string of the molecule is Cc1ccccc1N(CCCC(=O)N(Cc1cccc(Cl)c1)[C@H](C)C(=O)NC(C)C)S(C)(=O)=O. The number of sulfonamides is 1. The molecule has 0 radical (unpaired) electrons. The maximum Gasteiger partial charge on any atom is 0.242 e. The van der Waals surface area contributed by atoms with Crippen LogP contribution in [-0.4, -0.2) is 50.0 Å². The van der Waals surface area contributed by atoms with Crippen LogP contribution in [0.1, 0.15) is 44.7 Å². The molecule has 34 heavy (non-hydrogen) atoms. The molecule has 0 fully saturated rings. The highest BCUT2D eigenvalue weighted by Crippen LogP contribution is 2.23. The highest BCUT2D eigenvalue weighted by molar-refractivity contribution is 7.92. The third-order valence-electron chi connectivity index (χ3n) is 5.38. The van der Waals surface area contributed by atoms with Crippen LogP contribution in [0, 0.1) is 6.92 Å². The minimum Gasteiger partial charge on any atom is -0.352 e. The smallest absolute Gasteiger partial charge is 0.242 e. The van der Waals surface area contributed by atoms with E-state index >= 15 is 0 Å². The van der Waals surface area contributed by atoms with Crippen molar-refractivity contribution in [2.24, 2.45) is 0 Å². The van der Waals surface area contributed by atoms with E-state index in [-0.39, 0.29) is 37.4 Å². The van der Waals surface area contributed by atoms with Gasteiger partial charge < -0.3 is 10.2 Å². The topological polar surface area (TPSA) is 86.8 Å². The second-order valence-electron chi connectivity index (χ2n) is 8.72. The van der Waals surface area contributed by atoms with E-state index in [1.165, 1.54) is 9.21 Å². The summed E-state index contributed by atoms with van der Waals surface area (Å²) in [5.41, 5.74) is 2.24. The standard InChI is InChI=1S/C25H34ClN3O4S/c1-18(2)27-25(31)20(4)28(17-21-11-8-12-22(26)16-21)24(30)14-9-15-29(34(5,32)33)23-13-7-6-10-19(23)3/h6-8,10-13,16,18,20H,9,14-15,17H2,1-5H3,(H,27,31)/t20-/m1/s1. The largest absolute Gasteiger partial charge is 0.352 e. The number of carbonyl (C=O) groups excluding carboxylic acids is 2. The van der Waals surface area contributed by atoms with E-state index in [1.807, 2.05) is 39.0 Å². The molecule has 2 amide bonds. The monoisotopic (exact) mass is 507 g/mol. The first-order chi connectivity index (χ1) is 15.9. The molecule has 0 aromatic heterocycles. The van der Waals surface area contributed by atoms with Crippen LogP contribution in [0.15, 0.2) is 48.5 Å². The van der Waals surface area contributed by atoms with E-state index in [2.05, 4.69) is 5.32 Å². The molecule has 0 unspecified atom stereocenters. The second-order valence-corrected chi connectivity index (χ2v) is 11.1. The van der Waals surface area contributed by atoms with Crippen molar-refractivity contribution in [3.05, 3.63) is 64.7 Å². The fourth-order valence-corrected chi connectivity index (χ4v) is 4.88. The number of benzene rings is 2. The van der Waals surface area contributed by atoms with Crippen LogP contribution in [0.4, 0.5) is 5.69 Å². The summed E-state index contributed by atoms with van der Waals surface area (Å²) in [5.74, 6) is -0.479. The minimum absolute atomic E-state index is 0.0597. The number of halogens is 1. The van der Waals surface area contributed by atoms with Crippen LogP contribution in [0.25, 0.3) is 0 Å². The third kappa shape index (κ3) is 8.02. The number of nitrogens with zero attached hydrogens (tertiary/aromatic N) is 2. The Bertz CT molecular complexity index is 1100. The molecule has 7 nitrogen and oxygen atoms in total. The fourth-order valence-electron chi connectivity index (χ4n) is 3.65. The summed E-state index contributed by atoms with van der Waals surface area (Å²) in [4.78, 5) is 27.4. The summed E-state index contributed by atoms with van der Waals surface area (Å²) in [6.45, 7) is 7.64. The summed E-state index contributed by atoms with van der Waals surface area (Å²) in [6, 6.07) is 13.6. The Balaban J connectivity index is 2.18. The van der Waals surface area contributed by atoms with Crippen LogP contribution in [0.5, 0.6) is 0 Å². The van der Waals surface area contributed by atoms with Crippen molar-refractivity contribution in [1.82, 2.24) is 10.2 Å². The number of rotatable bonds is 11. The molecular formula is C25H34ClN3O4S. The highest BCUT2D eigenvalue weighted by atomic mass is 35.5. The Morgan fingerprint density at radius 1 is 1.06 bits per heavy atom. The van der Waals surface area contributed by atoms with Gasteiger partial charge in [-0.25, -0.2) is 8.42 Å². The average molecular weight is 508 g/mol. The first kappa shape index (κ1) is 27.7. The van der Waals surface area contributed by atoms with Gasteiger partial charge in [-0.05, 0) is 63.4 Å². The molecule has 0 aliphatic rings. The molecule has 1 N–H and O–H groups in total. The maximum atomic E-state index is 13.2. The molecule has 1 atom stereocenters. The lowest BCUT2D eigenvalue weighted by Gasteiger charge is -2.30. The van der Waals surface area contributed by atoms with E-state index in [0.717, 1.165) is 17.4 Å². The van der Waals surface area contributed by atoms with Gasteiger partial charge >= 0.3 is 0 Å². The molecule has 2 aromatic rings. The van der Waals surface area contributed by atoms with Gasteiger partial charge in [0.05, 0.1) is 11.9 Å². The van der Waals surface area contributed by atoms with Crippen LogP contribution < -0.4 is 9.62 Å². The van der Waals surface area contributed by atoms with Crippen molar-refractivity contribution in [1.29, 1.82) is 0 Å². The quantitative estimate of drug-likeness (QED) is 0.495. The number of para-hydroxylation sites is 1. The van der Waals surface area contributed by atoms with Gasteiger partial charge in [-0.2, -0.15) is 0 Å². The molecule has 0 aliphatic heterocycles. The van der Waals surface area contributed by atoms with Gasteiger partial charge in [-0.15, -0.1) is 0 Å². The van der Waals surface area contributed by atoms with Gasteiger partial charge in [0.25, 0.3) is 0 Å². The molecule has 2 aromatic carbocycles. The van der Waals surface area contributed by atoms with Crippen LogP contribution in [-0.2, 0) is 26.2 Å². The van der Waals surface area contributed by atoms with Crippen molar-refractivity contribution < 1.29 is 18.0 Å². The Hall–Kier alpha value is -2.58. The molecule has 0 aliphatic carbocycles. The summed E-state index contributed by atoms with van der Waals surface area (Å²) in [6.07, 6.45) is 1.56. The number of amides is 2. The van der Waals surface area contributed by atoms with E-state index in [9.17, 15) is 18.0 Å². The normalized spacial score (nSPS) is 12.3. The molecule has 0 spiro atoms. The van der Waals surface area contributed by atoms with Crippen LogP contribution >= 0.6 is 11.6 Å². The number of anilines is 1. The fraction of sp³-hybridized carbons (Fsp3) is 0.440. The molecule has 2 rings (SSSR count). The van der Waals surface area contributed by atoms with Crippen molar-refractivity contribution >= 4 is 39.1 Å². The third-order valence-corrected chi connectivity index (χ3v) is 6.79. The molecule has 9 heteroatoms. The Kier molecular flexibility index (Phi) is 9.94. The predicted molar refractivity (Wildman–Crippen MR) is 137 cm³/mol. The number of nitrogens with one attached hydrogen (secondary N) is 1. The minimum atomic E-state index is -3.53. The van der Waals surface area contributed by atoms with Gasteiger partial charge in [0.1, 0.15) is 6.04 Å². The van der Waals surface area contributed by atoms with Gasteiger partial charge in [0.15, 0.2) is 0 Å². The molecule has 0 heterocycles. The van der Waals surface area contributed by atoms with Crippen molar-refractivity contribution in [2.75, 3.05) is 17.1 Å². The summed E-state index contributed by atoms with van der Waals surface area (Å²) in [5, 5.41) is 3.40. The Morgan fingerprint density at radius 3 is 2.32 bits per heavy atom. The van der Waals surface area contributed by atoms with Crippen LogP contribution in [0.2, 0.25) is 5.02 Å². The van der Waals surface area contributed by atoms with Crippen molar-refractivity contribution in [3.8, 4) is 0 Å². The lowest BCUT2D eigenvalue weighted by Crippen LogP contribution is -2.49. The van der Waals surface area contributed by atoms with Crippen molar-refractivity contribution in [2.45, 2.75) is 59.2 Å². The first-order valence-corrected chi connectivity index (χ1v) is 13.5. The first-order valence-electron chi connectivity index (χ1n) is 11.3. The summed E-state index contributed by atoms with van der Waals surface area (Å²) >= 11 is 6.11. The van der Waals surface area contributed by atoms with Crippen LogP contribution in [0.3, 0.4) is 0 Å². The molecule has 186 valence electrons. The van der Waals surface area contributed by atoms with E-state index in [4.69, 9.17) is 11.6 Å². The van der Waals surface area contributed by atoms with Gasteiger partial charge in [-0.3, -0.25) is 13.9 Å². The highest BCUT2D eigenvalue weighted by Gasteiger charge is 2.27. The van der Waals surface area contributed by atoms with E-state index in [1.54, 1.807) is 37.3 Å². The molecule has 0 saturated carbocycles. The molecular weight excluding hydrogens is 474 g/mol. The van der Waals surface area contributed by atoms with Gasteiger partial charge in [-0.1, -0.05) is 41.9 Å².